The molecule has 1 rings (SSSR count). The first-order valence-corrected chi connectivity index (χ1v) is 8.87. The van der Waals surface area contributed by atoms with Gasteiger partial charge in [-0.15, -0.1) is 0 Å². The second-order valence-corrected chi connectivity index (χ2v) is 7.63. The minimum atomic E-state index is -0.279. The zero-order valence-corrected chi connectivity index (χ0v) is 15.7. The summed E-state index contributed by atoms with van der Waals surface area (Å²) >= 11 is 0. The lowest BCUT2D eigenvalue weighted by atomic mass is 10.0. The summed E-state index contributed by atoms with van der Waals surface area (Å²) in [5.74, 6) is -0.149. The predicted molar refractivity (Wildman–Crippen MR) is 92.2 cm³/mol. The van der Waals surface area contributed by atoms with Crippen LogP contribution in [0.15, 0.2) is 0 Å². The van der Waals surface area contributed by atoms with Gasteiger partial charge >= 0.3 is 0 Å². The summed E-state index contributed by atoms with van der Waals surface area (Å²) < 4.78 is 5.85. The molecule has 0 aromatic heterocycles. The molecule has 6 heteroatoms. The lowest BCUT2D eigenvalue weighted by molar-refractivity contribution is -0.139. The van der Waals surface area contributed by atoms with Crippen molar-refractivity contribution in [3.05, 3.63) is 0 Å². The molecule has 1 saturated heterocycles. The highest BCUT2D eigenvalue weighted by Crippen LogP contribution is 2.19. The normalized spacial score (nSPS) is 18.6. The van der Waals surface area contributed by atoms with Gasteiger partial charge in [-0.3, -0.25) is 19.3 Å². The largest absolute Gasteiger partial charge is 0.375 e. The molecule has 0 aromatic carbocycles. The van der Waals surface area contributed by atoms with Crippen LogP contribution >= 0.6 is 0 Å². The lowest BCUT2D eigenvalue weighted by Gasteiger charge is -2.26. The summed E-state index contributed by atoms with van der Waals surface area (Å²) in [6, 6.07) is 0. The molecule has 1 heterocycles. The van der Waals surface area contributed by atoms with Crippen molar-refractivity contribution >= 4 is 17.7 Å². The summed E-state index contributed by atoms with van der Waals surface area (Å²) in [7, 11) is 0. The molecule has 138 valence electrons. The van der Waals surface area contributed by atoms with Gasteiger partial charge in [-0.1, -0.05) is 20.8 Å². The van der Waals surface area contributed by atoms with E-state index in [9.17, 15) is 14.4 Å². The molecule has 1 aliphatic heterocycles. The van der Waals surface area contributed by atoms with E-state index in [1.807, 2.05) is 13.8 Å². The van der Waals surface area contributed by atoms with Gasteiger partial charge in [0.05, 0.1) is 5.60 Å². The monoisotopic (exact) mass is 340 g/mol. The molecule has 0 spiro atoms. The number of carbonyl (C=O) groups excluding carboxylic acids is 3. The molecule has 6 nitrogen and oxygen atoms in total. The Morgan fingerprint density at radius 1 is 1.38 bits per heavy atom. The summed E-state index contributed by atoms with van der Waals surface area (Å²) in [6.07, 6.45) is 2.14. The van der Waals surface area contributed by atoms with Crippen LogP contribution in [0.4, 0.5) is 0 Å². The average molecular weight is 340 g/mol. The van der Waals surface area contributed by atoms with Crippen LogP contribution < -0.4 is 5.32 Å². The first kappa shape index (κ1) is 20.6. The van der Waals surface area contributed by atoms with Crippen LogP contribution in [0.5, 0.6) is 0 Å². The van der Waals surface area contributed by atoms with Crippen LogP contribution in [0, 0.1) is 11.8 Å². The molecule has 3 amide bonds. The summed E-state index contributed by atoms with van der Waals surface area (Å²) in [5.41, 5.74) is -0.279. The molecule has 0 aliphatic carbocycles. The van der Waals surface area contributed by atoms with E-state index in [1.54, 1.807) is 6.92 Å². The van der Waals surface area contributed by atoms with E-state index in [-0.39, 0.29) is 48.6 Å². The quantitative estimate of drug-likeness (QED) is 0.618. The third kappa shape index (κ3) is 6.99. The van der Waals surface area contributed by atoms with E-state index in [0.717, 1.165) is 19.4 Å². The molecule has 1 fully saturated rings. The van der Waals surface area contributed by atoms with E-state index >= 15 is 0 Å². The molecule has 1 aliphatic rings. The van der Waals surface area contributed by atoms with E-state index in [4.69, 9.17) is 4.74 Å². The second-order valence-electron chi connectivity index (χ2n) is 7.63. The molecule has 0 saturated carbocycles. The molecule has 1 unspecified atom stereocenters. The van der Waals surface area contributed by atoms with Crippen molar-refractivity contribution in [1.29, 1.82) is 0 Å². The number of carbonyl (C=O) groups is 3. The second kappa shape index (κ2) is 9.16. The molecule has 0 bridgehead atoms. The van der Waals surface area contributed by atoms with Crippen molar-refractivity contribution < 1.29 is 19.1 Å². The van der Waals surface area contributed by atoms with Gasteiger partial charge < -0.3 is 10.1 Å². The van der Waals surface area contributed by atoms with Crippen molar-refractivity contribution in [2.75, 3.05) is 19.7 Å². The van der Waals surface area contributed by atoms with Crippen LogP contribution in [-0.2, 0) is 19.1 Å². The fraction of sp³-hybridized carbons (Fsp3) is 0.833. The number of nitrogens with one attached hydrogen (secondary N) is 1. The highest BCUT2D eigenvalue weighted by atomic mass is 16.5. The zero-order chi connectivity index (χ0) is 18.3. The Hall–Kier alpha value is -1.43. The third-order valence-corrected chi connectivity index (χ3v) is 4.27. The Morgan fingerprint density at radius 3 is 2.58 bits per heavy atom. The molecular weight excluding hydrogens is 308 g/mol. The Morgan fingerprint density at radius 2 is 2.04 bits per heavy atom. The van der Waals surface area contributed by atoms with Gasteiger partial charge in [0.2, 0.25) is 17.7 Å². The van der Waals surface area contributed by atoms with E-state index in [2.05, 4.69) is 19.2 Å². The van der Waals surface area contributed by atoms with Crippen molar-refractivity contribution in [1.82, 2.24) is 10.2 Å². The third-order valence-electron chi connectivity index (χ3n) is 4.27. The number of ether oxygens (including phenoxy) is 1. The number of imide groups is 1. The van der Waals surface area contributed by atoms with E-state index < -0.39 is 0 Å². The number of hydrogen-bond acceptors (Lipinski definition) is 4. The summed E-state index contributed by atoms with van der Waals surface area (Å²) in [5, 5.41) is 2.83. The average Bonchev–Trinajstić information content (AvgIpc) is 2.69. The van der Waals surface area contributed by atoms with Gasteiger partial charge in [-0.05, 0) is 32.6 Å². The van der Waals surface area contributed by atoms with E-state index in [0.29, 0.717) is 12.5 Å². The van der Waals surface area contributed by atoms with E-state index in [1.165, 1.54) is 4.90 Å². The highest BCUT2D eigenvalue weighted by Gasteiger charge is 2.35. The first-order chi connectivity index (χ1) is 11.1. The number of hydrogen-bond donors (Lipinski definition) is 1. The van der Waals surface area contributed by atoms with Crippen molar-refractivity contribution in [2.24, 2.45) is 11.8 Å². The van der Waals surface area contributed by atoms with Crippen LogP contribution in [0.25, 0.3) is 0 Å². The van der Waals surface area contributed by atoms with Crippen LogP contribution in [-0.4, -0.2) is 47.9 Å². The van der Waals surface area contributed by atoms with Crippen molar-refractivity contribution in [2.45, 2.75) is 65.9 Å². The first-order valence-electron chi connectivity index (χ1n) is 8.87. The van der Waals surface area contributed by atoms with Gasteiger partial charge in [0.15, 0.2) is 0 Å². The van der Waals surface area contributed by atoms with Gasteiger partial charge in [-0.2, -0.15) is 0 Å². The number of nitrogens with zero attached hydrogens (tertiary/aromatic N) is 1. The van der Waals surface area contributed by atoms with Gasteiger partial charge in [0.1, 0.15) is 0 Å². The summed E-state index contributed by atoms with van der Waals surface area (Å²) in [4.78, 5) is 36.5. The van der Waals surface area contributed by atoms with Crippen LogP contribution in [0.3, 0.4) is 0 Å². The highest BCUT2D eigenvalue weighted by molar-refractivity contribution is 6.03. The Labute approximate surface area is 145 Å². The molecule has 0 radical (unpaired) electrons. The topological polar surface area (TPSA) is 75.7 Å². The molecular formula is C18H32N2O4. The zero-order valence-electron chi connectivity index (χ0n) is 15.7. The Kier molecular flexibility index (Phi) is 7.87. The number of rotatable bonds is 10. The predicted octanol–water partition coefficient (Wildman–Crippen LogP) is 2.12. The summed E-state index contributed by atoms with van der Waals surface area (Å²) in [6.45, 7) is 11.5. The molecule has 24 heavy (non-hydrogen) atoms. The lowest BCUT2D eigenvalue weighted by Crippen LogP contribution is -2.37. The van der Waals surface area contributed by atoms with Crippen LogP contribution in [0.1, 0.15) is 60.3 Å². The fourth-order valence-corrected chi connectivity index (χ4v) is 2.53. The fourth-order valence-electron chi connectivity index (χ4n) is 2.53. The molecule has 0 aromatic rings. The maximum atomic E-state index is 11.9. The van der Waals surface area contributed by atoms with Gasteiger partial charge in [0.25, 0.3) is 0 Å². The van der Waals surface area contributed by atoms with Gasteiger partial charge in [-0.25, -0.2) is 0 Å². The molecule has 1 atom stereocenters. The van der Waals surface area contributed by atoms with Crippen LogP contribution in [0.2, 0.25) is 0 Å². The molecule has 1 N–H and O–H groups in total. The Bertz CT molecular complexity index is 460. The maximum absolute atomic E-state index is 11.9. The SMILES string of the molecule is CC(C)CCOC(C)(C)CCNC(=O)CCN1C(=O)CC(C)C1=O. The van der Waals surface area contributed by atoms with Gasteiger partial charge in [0, 0.05) is 38.5 Å². The minimum Gasteiger partial charge on any atom is -0.375 e. The minimum absolute atomic E-state index is 0.145. The maximum Gasteiger partial charge on any atom is 0.232 e. The Balaban J connectivity index is 2.22. The number of amides is 3. The standard InChI is InChI=1S/C18H32N2O4/c1-13(2)7-11-24-18(4,5)8-9-19-15(21)6-10-20-16(22)12-14(3)17(20)23/h13-14H,6-12H2,1-5H3,(H,19,21). The number of likely N-dealkylation sites (tertiary alicyclic amines) is 1. The van der Waals surface area contributed by atoms with Crippen molar-refractivity contribution in [3.63, 3.8) is 0 Å². The smallest absolute Gasteiger partial charge is 0.232 e. The van der Waals surface area contributed by atoms with Crippen molar-refractivity contribution in [3.8, 4) is 0 Å².